The standard InChI is InChI=1S/C15H24N4O/c1-15(2,3)11-5-4-7-19(8-6-11)14(20)12-9-17-10-13(16)18-12/h9-11H,4-8H2,1-3H3,(H2,16,18). The average Bonchev–Trinajstić information content (AvgIpc) is 2.63. The molecule has 1 aromatic rings. The maximum absolute atomic E-state index is 12.4. The molecule has 1 amide bonds. The number of anilines is 1. The summed E-state index contributed by atoms with van der Waals surface area (Å²) in [6.07, 6.45) is 6.21. The van der Waals surface area contributed by atoms with Crippen LogP contribution in [0, 0.1) is 11.3 Å². The molecule has 2 rings (SSSR count). The lowest BCUT2D eigenvalue weighted by Crippen LogP contribution is -2.33. The van der Waals surface area contributed by atoms with Crippen LogP contribution in [-0.2, 0) is 0 Å². The highest BCUT2D eigenvalue weighted by Gasteiger charge is 2.29. The van der Waals surface area contributed by atoms with Gasteiger partial charge in [-0.2, -0.15) is 0 Å². The Morgan fingerprint density at radius 3 is 2.70 bits per heavy atom. The van der Waals surface area contributed by atoms with Crippen molar-refractivity contribution in [3.8, 4) is 0 Å². The first-order valence-corrected chi connectivity index (χ1v) is 7.24. The van der Waals surface area contributed by atoms with E-state index < -0.39 is 0 Å². The van der Waals surface area contributed by atoms with E-state index in [2.05, 4.69) is 30.7 Å². The number of aromatic nitrogens is 2. The number of nitrogen functional groups attached to an aromatic ring is 1. The number of carbonyl (C=O) groups is 1. The molecule has 0 spiro atoms. The molecule has 1 aliphatic heterocycles. The number of hydrogen-bond donors (Lipinski definition) is 1. The lowest BCUT2D eigenvalue weighted by molar-refractivity contribution is 0.0749. The quantitative estimate of drug-likeness (QED) is 0.854. The van der Waals surface area contributed by atoms with Gasteiger partial charge in [-0.15, -0.1) is 0 Å². The molecule has 0 radical (unpaired) electrons. The lowest BCUT2D eigenvalue weighted by atomic mass is 9.77. The predicted molar refractivity (Wildman–Crippen MR) is 79.1 cm³/mol. The third-order valence-corrected chi connectivity index (χ3v) is 4.11. The van der Waals surface area contributed by atoms with Gasteiger partial charge in [0.1, 0.15) is 11.5 Å². The fourth-order valence-corrected chi connectivity index (χ4v) is 2.81. The number of rotatable bonds is 1. The molecule has 0 aliphatic carbocycles. The minimum Gasteiger partial charge on any atom is -0.382 e. The molecule has 110 valence electrons. The first kappa shape index (κ1) is 14.8. The van der Waals surface area contributed by atoms with Gasteiger partial charge >= 0.3 is 0 Å². The molecular formula is C15H24N4O. The van der Waals surface area contributed by atoms with E-state index in [-0.39, 0.29) is 5.91 Å². The summed E-state index contributed by atoms with van der Waals surface area (Å²) in [7, 11) is 0. The second kappa shape index (κ2) is 5.77. The second-order valence-electron chi connectivity index (χ2n) is 6.62. The van der Waals surface area contributed by atoms with Crippen LogP contribution in [0.3, 0.4) is 0 Å². The lowest BCUT2D eigenvalue weighted by Gasteiger charge is -2.29. The summed E-state index contributed by atoms with van der Waals surface area (Å²) in [6, 6.07) is 0. The molecule has 1 unspecified atom stereocenters. The van der Waals surface area contributed by atoms with Crippen LogP contribution >= 0.6 is 0 Å². The zero-order valence-electron chi connectivity index (χ0n) is 12.6. The van der Waals surface area contributed by atoms with Crippen LogP contribution in [0.4, 0.5) is 5.82 Å². The molecule has 1 fully saturated rings. The molecule has 1 aromatic heterocycles. The fourth-order valence-electron chi connectivity index (χ4n) is 2.81. The molecule has 0 aromatic carbocycles. The Balaban J connectivity index is 2.05. The van der Waals surface area contributed by atoms with Gasteiger partial charge in [0, 0.05) is 13.1 Å². The molecule has 20 heavy (non-hydrogen) atoms. The number of carbonyl (C=O) groups excluding carboxylic acids is 1. The summed E-state index contributed by atoms with van der Waals surface area (Å²) in [4.78, 5) is 22.3. The first-order chi connectivity index (χ1) is 9.38. The van der Waals surface area contributed by atoms with E-state index in [1.165, 1.54) is 18.8 Å². The minimum absolute atomic E-state index is 0.0561. The Kier molecular flexibility index (Phi) is 4.26. The van der Waals surface area contributed by atoms with Gasteiger partial charge in [0.15, 0.2) is 0 Å². The molecule has 0 bridgehead atoms. The Morgan fingerprint density at radius 2 is 2.05 bits per heavy atom. The molecule has 1 saturated heterocycles. The maximum atomic E-state index is 12.4. The minimum atomic E-state index is -0.0561. The highest BCUT2D eigenvalue weighted by atomic mass is 16.2. The number of amides is 1. The molecule has 0 saturated carbocycles. The second-order valence-corrected chi connectivity index (χ2v) is 6.62. The van der Waals surface area contributed by atoms with E-state index in [1.54, 1.807) is 0 Å². The van der Waals surface area contributed by atoms with Crippen LogP contribution in [0.1, 0.15) is 50.5 Å². The molecule has 2 heterocycles. The number of nitrogens with zero attached hydrogens (tertiary/aromatic N) is 3. The van der Waals surface area contributed by atoms with Crippen LogP contribution in [-0.4, -0.2) is 33.9 Å². The molecule has 2 N–H and O–H groups in total. The molecular weight excluding hydrogens is 252 g/mol. The van der Waals surface area contributed by atoms with Crippen LogP contribution in [0.15, 0.2) is 12.4 Å². The van der Waals surface area contributed by atoms with Gasteiger partial charge < -0.3 is 10.6 Å². The van der Waals surface area contributed by atoms with Crippen molar-refractivity contribution in [1.82, 2.24) is 14.9 Å². The van der Waals surface area contributed by atoms with Crippen LogP contribution in [0.2, 0.25) is 0 Å². The smallest absolute Gasteiger partial charge is 0.274 e. The van der Waals surface area contributed by atoms with E-state index >= 15 is 0 Å². The van der Waals surface area contributed by atoms with Crippen LogP contribution < -0.4 is 5.73 Å². The molecule has 5 heteroatoms. The van der Waals surface area contributed by atoms with Gasteiger partial charge in [0.25, 0.3) is 5.91 Å². The van der Waals surface area contributed by atoms with Crippen molar-refractivity contribution in [3.05, 3.63) is 18.1 Å². The van der Waals surface area contributed by atoms with Crippen molar-refractivity contribution in [2.75, 3.05) is 18.8 Å². The van der Waals surface area contributed by atoms with E-state index in [4.69, 9.17) is 5.73 Å². The third-order valence-electron chi connectivity index (χ3n) is 4.11. The maximum Gasteiger partial charge on any atom is 0.274 e. The third kappa shape index (κ3) is 3.46. The van der Waals surface area contributed by atoms with Crippen molar-refractivity contribution in [3.63, 3.8) is 0 Å². The van der Waals surface area contributed by atoms with Crippen molar-refractivity contribution < 1.29 is 4.79 Å². The van der Waals surface area contributed by atoms with Gasteiger partial charge in [-0.25, -0.2) is 4.98 Å². The van der Waals surface area contributed by atoms with Gasteiger partial charge in [0.2, 0.25) is 0 Å². The zero-order valence-corrected chi connectivity index (χ0v) is 12.6. The Morgan fingerprint density at radius 1 is 1.30 bits per heavy atom. The molecule has 1 aliphatic rings. The Hall–Kier alpha value is -1.65. The first-order valence-electron chi connectivity index (χ1n) is 7.24. The van der Waals surface area contributed by atoms with Crippen LogP contribution in [0.25, 0.3) is 0 Å². The SMILES string of the molecule is CC(C)(C)C1CCCN(C(=O)c2cncc(N)n2)CC1. The van der Waals surface area contributed by atoms with Gasteiger partial charge in [-0.3, -0.25) is 9.78 Å². The summed E-state index contributed by atoms with van der Waals surface area (Å²) in [5.74, 6) is 0.893. The highest BCUT2D eigenvalue weighted by Crippen LogP contribution is 2.34. The number of hydrogen-bond acceptors (Lipinski definition) is 4. The molecule has 1 atom stereocenters. The van der Waals surface area contributed by atoms with Crippen molar-refractivity contribution in [2.24, 2.45) is 11.3 Å². The summed E-state index contributed by atoms with van der Waals surface area (Å²) >= 11 is 0. The Labute approximate surface area is 120 Å². The number of likely N-dealkylation sites (tertiary alicyclic amines) is 1. The topological polar surface area (TPSA) is 72.1 Å². The predicted octanol–water partition coefficient (Wildman–Crippen LogP) is 2.35. The van der Waals surface area contributed by atoms with E-state index in [0.717, 1.165) is 25.9 Å². The van der Waals surface area contributed by atoms with Crippen molar-refractivity contribution >= 4 is 11.7 Å². The van der Waals surface area contributed by atoms with E-state index in [0.29, 0.717) is 22.8 Å². The van der Waals surface area contributed by atoms with Gasteiger partial charge in [-0.05, 0) is 30.6 Å². The van der Waals surface area contributed by atoms with Crippen molar-refractivity contribution in [1.29, 1.82) is 0 Å². The van der Waals surface area contributed by atoms with E-state index in [9.17, 15) is 4.79 Å². The highest BCUT2D eigenvalue weighted by molar-refractivity contribution is 5.92. The summed E-state index contributed by atoms with van der Waals surface area (Å²) in [6.45, 7) is 8.41. The average molecular weight is 276 g/mol. The van der Waals surface area contributed by atoms with Gasteiger partial charge in [-0.1, -0.05) is 20.8 Å². The normalized spacial score (nSPS) is 20.6. The summed E-state index contributed by atoms with van der Waals surface area (Å²) in [5.41, 5.74) is 6.24. The molecule has 5 nitrogen and oxygen atoms in total. The van der Waals surface area contributed by atoms with E-state index in [1.807, 2.05) is 4.90 Å². The number of nitrogens with two attached hydrogens (primary N) is 1. The summed E-state index contributed by atoms with van der Waals surface area (Å²) in [5, 5.41) is 0. The summed E-state index contributed by atoms with van der Waals surface area (Å²) < 4.78 is 0. The van der Waals surface area contributed by atoms with Gasteiger partial charge in [0.05, 0.1) is 12.4 Å². The van der Waals surface area contributed by atoms with Crippen LogP contribution in [0.5, 0.6) is 0 Å². The monoisotopic (exact) mass is 276 g/mol. The Bertz CT molecular complexity index is 481. The van der Waals surface area contributed by atoms with Crippen molar-refractivity contribution in [2.45, 2.75) is 40.0 Å². The fraction of sp³-hybridized carbons (Fsp3) is 0.667. The zero-order chi connectivity index (χ0) is 14.8. The largest absolute Gasteiger partial charge is 0.382 e.